The van der Waals surface area contributed by atoms with Gasteiger partial charge in [-0.15, -0.1) is 0 Å². The molecule has 0 unspecified atom stereocenters. The molecule has 0 radical (unpaired) electrons. The third-order valence-corrected chi connectivity index (χ3v) is 3.15. The molecule has 1 aliphatic heterocycles. The Bertz CT molecular complexity index is 148. The van der Waals surface area contributed by atoms with E-state index in [-0.39, 0.29) is 0 Å². The minimum atomic E-state index is 0.964. The highest BCUT2D eigenvalue weighted by atomic mass is 15.3. The van der Waals surface area contributed by atoms with Crippen LogP contribution in [0.25, 0.3) is 0 Å². The van der Waals surface area contributed by atoms with E-state index in [1.165, 1.54) is 45.6 Å². The van der Waals surface area contributed by atoms with E-state index in [4.69, 9.17) is 0 Å². The summed E-state index contributed by atoms with van der Waals surface area (Å²) >= 11 is 0. The van der Waals surface area contributed by atoms with Gasteiger partial charge in [0.1, 0.15) is 0 Å². The average Bonchev–Trinajstić information content (AvgIpc) is 2.99. The van der Waals surface area contributed by atoms with Crippen molar-refractivity contribution in [1.29, 1.82) is 0 Å². The summed E-state index contributed by atoms with van der Waals surface area (Å²) in [5.41, 5.74) is 0. The molecule has 1 saturated carbocycles. The second-order valence-corrected chi connectivity index (χ2v) is 4.21. The number of rotatable bonds is 4. The second kappa shape index (κ2) is 4.40. The molecular weight excluding hydrogens is 162 g/mol. The molecule has 1 N–H and O–H groups in total. The summed E-state index contributed by atoms with van der Waals surface area (Å²) in [6.45, 7) is 7.50. The first kappa shape index (κ1) is 9.44. The smallest absolute Gasteiger partial charge is 0.0113 e. The predicted octanol–water partition coefficient (Wildman–Crippen LogP) is -0.0142. The van der Waals surface area contributed by atoms with E-state index in [0.717, 1.165) is 12.6 Å². The fourth-order valence-corrected chi connectivity index (χ4v) is 2.06. The molecule has 13 heavy (non-hydrogen) atoms. The Hall–Kier alpha value is -0.120. The van der Waals surface area contributed by atoms with Gasteiger partial charge in [0.25, 0.3) is 0 Å². The van der Waals surface area contributed by atoms with Crippen molar-refractivity contribution in [3.8, 4) is 0 Å². The van der Waals surface area contributed by atoms with Gasteiger partial charge in [-0.2, -0.15) is 0 Å². The van der Waals surface area contributed by atoms with Crippen LogP contribution >= 0.6 is 0 Å². The van der Waals surface area contributed by atoms with E-state index in [1.807, 2.05) is 7.05 Å². The third kappa shape index (κ3) is 2.66. The quantitative estimate of drug-likeness (QED) is 0.661. The first-order valence-corrected chi connectivity index (χ1v) is 5.51. The number of nitrogens with zero attached hydrogens (tertiary/aromatic N) is 2. The molecule has 0 bridgehead atoms. The Morgan fingerprint density at radius 2 is 1.85 bits per heavy atom. The molecule has 3 nitrogen and oxygen atoms in total. The molecule has 2 rings (SSSR count). The van der Waals surface area contributed by atoms with E-state index in [2.05, 4.69) is 15.1 Å². The topological polar surface area (TPSA) is 18.5 Å². The van der Waals surface area contributed by atoms with Gasteiger partial charge in [0.05, 0.1) is 0 Å². The van der Waals surface area contributed by atoms with E-state index < -0.39 is 0 Å². The SMILES string of the molecule is CNCCN1CCN(C2CC2)CC1. The van der Waals surface area contributed by atoms with Crippen molar-refractivity contribution >= 4 is 0 Å². The highest BCUT2D eigenvalue weighted by Crippen LogP contribution is 2.27. The molecule has 3 heteroatoms. The molecule has 0 spiro atoms. The van der Waals surface area contributed by atoms with Crippen LogP contribution < -0.4 is 5.32 Å². The minimum Gasteiger partial charge on any atom is -0.318 e. The lowest BCUT2D eigenvalue weighted by Crippen LogP contribution is -2.48. The van der Waals surface area contributed by atoms with Crippen LogP contribution in [0, 0.1) is 0 Å². The number of hydrogen-bond donors (Lipinski definition) is 1. The Morgan fingerprint density at radius 1 is 1.15 bits per heavy atom. The summed E-state index contributed by atoms with van der Waals surface area (Å²) in [6.07, 6.45) is 2.91. The zero-order valence-electron chi connectivity index (χ0n) is 8.63. The van der Waals surface area contributed by atoms with Crippen LogP contribution in [-0.4, -0.2) is 62.2 Å². The fraction of sp³-hybridized carbons (Fsp3) is 1.00. The normalized spacial score (nSPS) is 26.5. The first-order valence-electron chi connectivity index (χ1n) is 5.51. The molecule has 1 saturated heterocycles. The van der Waals surface area contributed by atoms with Gasteiger partial charge < -0.3 is 5.32 Å². The lowest BCUT2D eigenvalue weighted by atomic mass is 10.3. The van der Waals surface area contributed by atoms with Crippen molar-refractivity contribution in [3.05, 3.63) is 0 Å². The maximum Gasteiger partial charge on any atom is 0.0113 e. The minimum absolute atomic E-state index is 0.964. The maximum atomic E-state index is 3.21. The average molecular weight is 183 g/mol. The second-order valence-electron chi connectivity index (χ2n) is 4.21. The van der Waals surface area contributed by atoms with Gasteiger partial charge in [0, 0.05) is 45.3 Å². The molecule has 76 valence electrons. The molecule has 0 amide bonds. The zero-order chi connectivity index (χ0) is 9.10. The Labute approximate surface area is 81.1 Å². The largest absolute Gasteiger partial charge is 0.318 e. The molecule has 0 aromatic rings. The molecule has 1 heterocycles. The van der Waals surface area contributed by atoms with Gasteiger partial charge in [-0.3, -0.25) is 9.80 Å². The Balaban J connectivity index is 1.63. The van der Waals surface area contributed by atoms with Gasteiger partial charge in [-0.25, -0.2) is 0 Å². The molecule has 0 aromatic heterocycles. The van der Waals surface area contributed by atoms with Crippen LogP contribution in [0.1, 0.15) is 12.8 Å². The summed E-state index contributed by atoms with van der Waals surface area (Å²) in [4.78, 5) is 5.23. The molecule has 2 fully saturated rings. The van der Waals surface area contributed by atoms with Crippen molar-refractivity contribution in [3.63, 3.8) is 0 Å². The maximum absolute atomic E-state index is 3.21. The number of nitrogens with one attached hydrogen (secondary N) is 1. The van der Waals surface area contributed by atoms with Crippen LogP contribution in [0.5, 0.6) is 0 Å². The van der Waals surface area contributed by atoms with Crippen molar-refractivity contribution < 1.29 is 0 Å². The fourth-order valence-electron chi connectivity index (χ4n) is 2.06. The molecule has 0 aromatic carbocycles. The van der Waals surface area contributed by atoms with Crippen LogP contribution in [0.3, 0.4) is 0 Å². The van der Waals surface area contributed by atoms with Crippen molar-refractivity contribution in [1.82, 2.24) is 15.1 Å². The lowest BCUT2D eigenvalue weighted by molar-refractivity contribution is 0.128. The van der Waals surface area contributed by atoms with Crippen LogP contribution in [0.4, 0.5) is 0 Å². The number of likely N-dealkylation sites (N-methyl/N-ethyl adjacent to an activating group) is 1. The molecule has 0 atom stereocenters. The van der Waals surface area contributed by atoms with Crippen molar-refractivity contribution in [2.24, 2.45) is 0 Å². The summed E-state index contributed by atoms with van der Waals surface area (Å²) in [5, 5.41) is 3.21. The monoisotopic (exact) mass is 183 g/mol. The molecule has 2 aliphatic rings. The van der Waals surface area contributed by atoms with Gasteiger partial charge in [0.2, 0.25) is 0 Å². The van der Waals surface area contributed by atoms with Crippen molar-refractivity contribution in [2.45, 2.75) is 18.9 Å². The van der Waals surface area contributed by atoms with E-state index in [9.17, 15) is 0 Å². The van der Waals surface area contributed by atoms with E-state index in [0.29, 0.717) is 0 Å². The number of piperazine rings is 1. The van der Waals surface area contributed by atoms with Gasteiger partial charge in [0.15, 0.2) is 0 Å². The Kier molecular flexibility index (Phi) is 3.19. The summed E-state index contributed by atoms with van der Waals surface area (Å²) in [5.74, 6) is 0. The summed E-state index contributed by atoms with van der Waals surface area (Å²) in [6, 6.07) is 0.964. The highest BCUT2D eigenvalue weighted by Gasteiger charge is 2.30. The first-order chi connectivity index (χ1) is 6.40. The highest BCUT2D eigenvalue weighted by molar-refractivity contribution is 4.87. The zero-order valence-corrected chi connectivity index (χ0v) is 8.63. The predicted molar refractivity (Wildman–Crippen MR) is 55.0 cm³/mol. The van der Waals surface area contributed by atoms with Gasteiger partial charge >= 0.3 is 0 Å². The summed E-state index contributed by atoms with van der Waals surface area (Å²) < 4.78 is 0. The summed E-state index contributed by atoms with van der Waals surface area (Å²) in [7, 11) is 2.03. The van der Waals surface area contributed by atoms with Crippen LogP contribution in [-0.2, 0) is 0 Å². The van der Waals surface area contributed by atoms with Gasteiger partial charge in [-0.05, 0) is 19.9 Å². The third-order valence-electron chi connectivity index (χ3n) is 3.15. The van der Waals surface area contributed by atoms with E-state index >= 15 is 0 Å². The van der Waals surface area contributed by atoms with Gasteiger partial charge in [-0.1, -0.05) is 0 Å². The molecular formula is C10H21N3. The van der Waals surface area contributed by atoms with Crippen molar-refractivity contribution in [2.75, 3.05) is 46.3 Å². The van der Waals surface area contributed by atoms with Crippen LogP contribution in [0.15, 0.2) is 0 Å². The van der Waals surface area contributed by atoms with Crippen LogP contribution in [0.2, 0.25) is 0 Å². The standard InChI is InChI=1S/C10H21N3/c1-11-4-5-12-6-8-13(9-7-12)10-2-3-10/h10-11H,2-9H2,1H3. The molecule has 1 aliphatic carbocycles. The number of hydrogen-bond acceptors (Lipinski definition) is 3. The Morgan fingerprint density at radius 3 is 2.38 bits per heavy atom. The van der Waals surface area contributed by atoms with E-state index in [1.54, 1.807) is 0 Å². The lowest BCUT2D eigenvalue weighted by Gasteiger charge is -2.34.